The fraction of sp³-hybridized carbons (Fsp3) is 0.632. The van der Waals surface area contributed by atoms with E-state index in [0.29, 0.717) is 6.54 Å². The highest BCUT2D eigenvalue weighted by molar-refractivity contribution is 5.79. The van der Waals surface area contributed by atoms with Gasteiger partial charge in [-0.2, -0.15) is 0 Å². The monoisotopic (exact) mass is 349 g/mol. The number of likely N-dealkylation sites (N-methyl/N-ethyl adjacent to an activating group) is 1. The van der Waals surface area contributed by atoms with E-state index in [1.54, 1.807) is 14.2 Å². The highest BCUT2D eigenvalue weighted by Crippen LogP contribution is 2.28. The highest BCUT2D eigenvalue weighted by Gasteiger charge is 2.21. The average molecular weight is 349 g/mol. The second-order valence-corrected chi connectivity index (χ2v) is 6.29. The molecule has 1 aliphatic carbocycles. The SMILES string of the molecule is CCNC(=NCc1ccc(OC)cc1OC)N(C)CCOCC1CC1. The van der Waals surface area contributed by atoms with Crippen LogP contribution in [-0.4, -0.2) is 58.4 Å². The van der Waals surface area contributed by atoms with Crippen molar-refractivity contribution in [2.75, 3.05) is 47.6 Å². The van der Waals surface area contributed by atoms with Crippen LogP contribution >= 0.6 is 0 Å². The Morgan fingerprint density at radius 1 is 1.28 bits per heavy atom. The van der Waals surface area contributed by atoms with Crippen molar-refractivity contribution >= 4 is 5.96 Å². The van der Waals surface area contributed by atoms with Crippen molar-refractivity contribution in [3.8, 4) is 11.5 Å². The van der Waals surface area contributed by atoms with Crippen LogP contribution in [-0.2, 0) is 11.3 Å². The molecule has 140 valence electrons. The molecule has 0 spiro atoms. The smallest absolute Gasteiger partial charge is 0.194 e. The van der Waals surface area contributed by atoms with Crippen LogP contribution in [0.2, 0.25) is 0 Å². The summed E-state index contributed by atoms with van der Waals surface area (Å²) in [6.45, 7) is 5.88. The second-order valence-electron chi connectivity index (χ2n) is 6.29. The lowest BCUT2D eigenvalue weighted by atomic mass is 10.2. The first-order chi connectivity index (χ1) is 12.2. The van der Waals surface area contributed by atoms with E-state index in [1.807, 2.05) is 25.2 Å². The molecule has 25 heavy (non-hydrogen) atoms. The van der Waals surface area contributed by atoms with Crippen molar-refractivity contribution in [2.24, 2.45) is 10.9 Å². The minimum Gasteiger partial charge on any atom is -0.497 e. The van der Waals surface area contributed by atoms with Gasteiger partial charge in [-0.05, 0) is 37.8 Å². The maximum absolute atomic E-state index is 5.72. The number of rotatable bonds is 10. The van der Waals surface area contributed by atoms with E-state index in [1.165, 1.54) is 12.8 Å². The van der Waals surface area contributed by atoms with Crippen LogP contribution in [0.15, 0.2) is 23.2 Å². The van der Waals surface area contributed by atoms with Gasteiger partial charge >= 0.3 is 0 Å². The van der Waals surface area contributed by atoms with Crippen LogP contribution in [0.5, 0.6) is 11.5 Å². The Morgan fingerprint density at radius 2 is 2.08 bits per heavy atom. The largest absolute Gasteiger partial charge is 0.497 e. The Hall–Kier alpha value is -1.95. The van der Waals surface area contributed by atoms with Crippen LogP contribution < -0.4 is 14.8 Å². The van der Waals surface area contributed by atoms with E-state index in [-0.39, 0.29) is 0 Å². The molecule has 0 aromatic heterocycles. The van der Waals surface area contributed by atoms with Crippen molar-refractivity contribution in [3.05, 3.63) is 23.8 Å². The first-order valence-corrected chi connectivity index (χ1v) is 8.96. The molecule has 0 aliphatic heterocycles. The topological polar surface area (TPSA) is 55.3 Å². The molecule has 0 unspecified atom stereocenters. The molecule has 1 aliphatic rings. The van der Waals surface area contributed by atoms with Crippen LogP contribution in [0.1, 0.15) is 25.3 Å². The molecule has 2 rings (SSSR count). The number of aliphatic imine (C=N–C) groups is 1. The molecule has 6 heteroatoms. The number of methoxy groups -OCH3 is 2. The summed E-state index contributed by atoms with van der Waals surface area (Å²) >= 11 is 0. The summed E-state index contributed by atoms with van der Waals surface area (Å²) in [6, 6.07) is 5.80. The molecule has 1 saturated carbocycles. The number of benzene rings is 1. The third-order valence-corrected chi connectivity index (χ3v) is 4.21. The Morgan fingerprint density at radius 3 is 2.72 bits per heavy atom. The Kier molecular flexibility index (Phi) is 7.85. The van der Waals surface area contributed by atoms with Crippen molar-refractivity contribution in [1.82, 2.24) is 10.2 Å². The summed E-state index contributed by atoms with van der Waals surface area (Å²) in [5, 5.41) is 3.33. The lowest BCUT2D eigenvalue weighted by Crippen LogP contribution is -2.40. The van der Waals surface area contributed by atoms with E-state index in [9.17, 15) is 0 Å². The molecule has 0 saturated heterocycles. The lowest BCUT2D eigenvalue weighted by molar-refractivity contribution is 0.115. The van der Waals surface area contributed by atoms with Gasteiger partial charge in [-0.15, -0.1) is 0 Å². The van der Waals surface area contributed by atoms with Crippen LogP contribution in [0.4, 0.5) is 0 Å². The van der Waals surface area contributed by atoms with Crippen LogP contribution in [0.25, 0.3) is 0 Å². The zero-order chi connectivity index (χ0) is 18.1. The fourth-order valence-corrected chi connectivity index (χ4v) is 2.45. The minimum absolute atomic E-state index is 0.544. The van der Waals surface area contributed by atoms with Gasteiger partial charge in [-0.1, -0.05) is 0 Å². The quantitative estimate of drug-likeness (QED) is 0.400. The summed E-state index contributed by atoms with van der Waals surface area (Å²) in [4.78, 5) is 6.83. The first-order valence-electron chi connectivity index (χ1n) is 8.96. The Balaban J connectivity index is 1.92. The molecule has 6 nitrogen and oxygen atoms in total. The molecular formula is C19H31N3O3. The molecule has 1 aromatic carbocycles. The van der Waals surface area contributed by atoms with Gasteiger partial charge in [-0.25, -0.2) is 4.99 Å². The van der Waals surface area contributed by atoms with Gasteiger partial charge in [-0.3, -0.25) is 0 Å². The van der Waals surface area contributed by atoms with Crippen molar-refractivity contribution < 1.29 is 14.2 Å². The summed E-state index contributed by atoms with van der Waals surface area (Å²) < 4.78 is 16.4. The van der Waals surface area contributed by atoms with Crippen LogP contribution in [0, 0.1) is 5.92 Å². The second kappa shape index (κ2) is 10.1. The van der Waals surface area contributed by atoms with Gasteiger partial charge in [0.25, 0.3) is 0 Å². The maximum Gasteiger partial charge on any atom is 0.194 e. The normalized spacial score (nSPS) is 14.3. The number of hydrogen-bond acceptors (Lipinski definition) is 4. The molecule has 1 fully saturated rings. The molecule has 1 N–H and O–H groups in total. The molecule has 0 bridgehead atoms. The van der Waals surface area contributed by atoms with E-state index < -0.39 is 0 Å². The van der Waals surface area contributed by atoms with Gasteiger partial charge in [0.05, 0.1) is 27.4 Å². The maximum atomic E-state index is 5.72. The Bertz CT molecular complexity index is 559. The third kappa shape index (κ3) is 6.46. The predicted molar refractivity (Wildman–Crippen MR) is 101 cm³/mol. The highest BCUT2D eigenvalue weighted by atomic mass is 16.5. The molecule has 0 amide bonds. The molecule has 1 aromatic rings. The van der Waals surface area contributed by atoms with Gasteiger partial charge in [0, 0.05) is 38.4 Å². The molecule has 0 radical (unpaired) electrons. The summed E-state index contributed by atoms with van der Waals surface area (Å²) in [5.74, 6) is 3.24. The van der Waals surface area contributed by atoms with Crippen LogP contribution in [0.3, 0.4) is 0 Å². The number of guanidine groups is 1. The van der Waals surface area contributed by atoms with Crippen molar-refractivity contribution in [2.45, 2.75) is 26.3 Å². The first kappa shape index (κ1) is 19.4. The summed E-state index contributed by atoms with van der Waals surface area (Å²) in [7, 11) is 5.35. The van der Waals surface area contributed by atoms with E-state index in [4.69, 9.17) is 19.2 Å². The zero-order valence-electron chi connectivity index (χ0n) is 15.9. The van der Waals surface area contributed by atoms with Gasteiger partial charge < -0.3 is 24.4 Å². The Labute approximate surface area is 151 Å². The predicted octanol–water partition coefficient (Wildman–Crippen LogP) is 2.53. The zero-order valence-corrected chi connectivity index (χ0v) is 15.9. The van der Waals surface area contributed by atoms with Gasteiger partial charge in [0.15, 0.2) is 5.96 Å². The number of ether oxygens (including phenoxy) is 3. The third-order valence-electron chi connectivity index (χ3n) is 4.21. The minimum atomic E-state index is 0.544. The number of hydrogen-bond donors (Lipinski definition) is 1. The van der Waals surface area contributed by atoms with E-state index in [0.717, 1.165) is 55.2 Å². The van der Waals surface area contributed by atoms with Gasteiger partial charge in [0.1, 0.15) is 11.5 Å². The average Bonchev–Trinajstić information content (AvgIpc) is 3.46. The lowest BCUT2D eigenvalue weighted by Gasteiger charge is -2.22. The molecule has 0 heterocycles. The van der Waals surface area contributed by atoms with E-state index >= 15 is 0 Å². The number of nitrogens with one attached hydrogen (secondary N) is 1. The van der Waals surface area contributed by atoms with Gasteiger partial charge in [0.2, 0.25) is 0 Å². The van der Waals surface area contributed by atoms with Crippen molar-refractivity contribution in [3.63, 3.8) is 0 Å². The number of nitrogens with zero attached hydrogens (tertiary/aromatic N) is 2. The molecule has 0 atom stereocenters. The standard InChI is InChI=1S/C19H31N3O3/c1-5-20-19(22(2)10-11-25-14-15-6-7-15)21-13-16-8-9-17(23-3)12-18(16)24-4/h8-9,12,15H,5-7,10-11,13-14H2,1-4H3,(H,20,21). The fourth-order valence-electron chi connectivity index (χ4n) is 2.45. The molecular weight excluding hydrogens is 318 g/mol. The summed E-state index contributed by atoms with van der Waals surface area (Å²) in [5.41, 5.74) is 1.03. The summed E-state index contributed by atoms with van der Waals surface area (Å²) in [6.07, 6.45) is 2.65. The van der Waals surface area contributed by atoms with E-state index in [2.05, 4.69) is 17.1 Å². The van der Waals surface area contributed by atoms with Crippen molar-refractivity contribution in [1.29, 1.82) is 0 Å².